The third-order valence-corrected chi connectivity index (χ3v) is 3.44. The van der Waals surface area contributed by atoms with Crippen LogP contribution in [0.25, 0.3) is 0 Å². The van der Waals surface area contributed by atoms with Gasteiger partial charge in [0.05, 0.1) is 0 Å². The van der Waals surface area contributed by atoms with Crippen molar-refractivity contribution in [2.45, 2.75) is 40.0 Å². The molecule has 0 heterocycles. The van der Waals surface area contributed by atoms with Gasteiger partial charge in [0.1, 0.15) is 0 Å². The first-order valence-corrected chi connectivity index (χ1v) is 7.87. The van der Waals surface area contributed by atoms with Crippen LogP contribution in [-0.2, 0) is 17.6 Å². The lowest BCUT2D eigenvalue weighted by Gasteiger charge is -2.16. The number of benzene rings is 1. The number of thiocarbonyl (C=S) groups is 1. The lowest BCUT2D eigenvalue weighted by Crippen LogP contribution is -2.30. The molecular formula is C16H26N2OS. The van der Waals surface area contributed by atoms with Crippen molar-refractivity contribution in [3.8, 4) is 0 Å². The number of nitrogens with one attached hydrogen (secondary N) is 2. The second-order valence-electron chi connectivity index (χ2n) is 4.59. The molecule has 0 aliphatic rings. The molecular weight excluding hydrogens is 268 g/mol. The average Bonchev–Trinajstić information content (AvgIpc) is 2.47. The smallest absolute Gasteiger partial charge is 0.170 e. The summed E-state index contributed by atoms with van der Waals surface area (Å²) in [5, 5.41) is 7.28. The quantitative estimate of drug-likeness (QED) is 0.568. The van der Waals surface area contributed by atoms with Crippen molar-refractivity contribution in [2.24, 2.45) is 0 Å². The fourth-order valence-corrected chi connectivity index (χ4v) is 2.29. The Morgan fingerprint density at radius 2 is 1.80 bits per heavy atom. The van der Waals surface area contributed by atoms with Gasteiger partial charge in [0.25, 0.3) is 0 Å². The normalized spacial score (nSPS) is 10.3. The fourth-order valence-electron chi connectivity index (χ4n) is 2.08. The first-order valence-electron chi connectivity index (χ1n) is 7.46. The van der Waals surface area contributed by atoms with Crippen molar-refractivity contribution in [1.29, 1.82) is 0 Å². The van der Waals surface area contributed by atoms with Gasteiger partial charge in [0.15, 0.2) is 5.11 Å². The molecule has 0 radical (unpaired) electrons. The minimum atomic E-state index is 0.692. The number of ether oxygens (including phenoxy) is 1. The maximum atomic E-state index is 5.37. The monoisotopic (exact) mass is 294 g/mol. The molecule has 0 fully saturated rings. The molecule has 1 rings (SSSR count). The van der Waals surface area contributed by atoms with Gasteiger partial charge in [-0.3, -0.25) is 0 Å². The van der Waals surface area contributed by atoms with Gasteiger partial charge in [-0.05, 0) is 49.5 Å². The van der Waals surface area contributed by atoms with Gasteiger partial charge in [-0.1, -0.05) is 32.0 Å². The van der Waals surface area contributed by atoms with Gasteiger partial charge in [-0.2, -0.15) is 0 Å². The zero-order chi connectivity index (χ0) is 14.8. The molecule has 0 aliphatic heterocycles. The molecule has 20 heavy (non-hydrogen) atoms. The summed E-state index contributed by atoms with van der Waals surface area (Å²) >= 11 is 5.37. The lowest BCUT2D eigenvalue weighted by molar-refractivity contribution is 0.146. The van der Waals surface area contributed by atoms with Gasteiger partial charge in [-0.15, -0.1) is 0 Å². The van der Waals surface area contributed by atoms with Gasteiger partial charge in [0, 0.05) is 25.4 Å². The van der Waals surface area contributed by atoms with Crippen LogP contribution in [0.5, 0.6) is 0 Å². The third-order valence-electron chi connectivity index (χ3n) is 3.19. The van der Waals surface area contributed by atoms with Gasteiger partial charge < -0.3 is 15.4 Å². The van der Waals surface area contributed by atoms with Crippen LogP contribution < -0.4 is 10.6 Å². The fraction of sp³-hybridized carbons (Fsp3) is 0.562. The predicted molar refractivity (Wildman–Crippen MR) is 90.5 cm³/mol. The summed E-state index contributed by atoms with van der Waals surface area (Å²) in [4.78, 5) is 0. The van der Waals surface area contributed by atoms with Crippen LogP contribution in [0.2, 0.25) is 0 Å². The Morgan fingerprint density at radius 3 is 2.35 bits per heavy atom. The van der Waals surface area contributed by atoms with Crippen molar-refractivity contribution < 1.29 is 4.74 Å². The van der Waals surface area contributed by atoms with Crippen molar-refractivity contribution in [1.82, 2.24) is 5.32 Å². The summed E-state index contributed by atoms with van der Waals surface area (Å²) in [6, 6.07) is 6.42. The van der Waals surface area contributed by atoms with Gasteiger partial charge >= 0.3 is 0 Å². The predicted octanol–water partition coefficient (Wildman–Crippen LogP) is 3.52. The zero-order valence-corrected chi connectivity index (χ0v) is 13.6. The molecule has 0 bridgehead atoms. The summed E-state index contributed by atoms with van der Waals surface area (Å²) in [5.41, 5.74) is 3.78. The van der Waals surface area contributed by atoms with Crippen LogP contribution in [0.15, 0.2) is 18.2 Å². The largest absolute Gasteiger partial charge is 0.382 e. The van der Waals surface area contributed by atoms with Gasteiger partial charge in [-0.25, -0.2) is 0 Å². The average molecular weight is 294 g/mol. The van der Waals surface area contributed by atoms with Crippen LogP contribution in [0.3, 0.4) is 0 Å². The van der Waals surface area contributed by atoms with E-state index in [2.05, 4.69) is 42.7 Å². The highest BCUT2D eigenvalue weighted by Gasteiger charge is 2.07. The molecule has 0 aromatic heterocycles. The van der Waals surface area contributed by atoms with Crippen LogP contribution in [0, 0.1) is 0 Å². The SMILES string of the molecule is CCOCCCNC(=S)Nc1c(CC)cccc1CC. The standard InChI is InChI=1S/C16H26N2OS/c1-4-13-9-7-10-14(5-2)15(13)18-16(20)17-11-8-12-19-6-3/h7,9-10H,4-6,8,11-12H2,1-3H3,(H2,17,18,20). The minimum Gasteiger partial charge on any atom is -0.382 e. The van der Waals surface area contributed by atoms with E-state index in [9.17, 15) is 0 Å². The van der Waals surface area contributed by atoms with E-state index in [0.29, 0.717) is 5.11 Å². The summed E-state index contributed by atoms with van der Waals surface area (Å²) in [5.74, 6) is 0. The van der Waals surface area contributed by atoms with E-state index < -0.39 is 0 Å². The molecule has 3 nitrogen and oxygen atoms in total. The lowest BCUT2D eigenvalue weighted by atomic mass is 10.0. The Bertz CT molecular complexity index is 399. The van der Waals surface area contributed by atoms with Crippen LogP contribution in [-0.4, -0.2) is 24.9 Å². The topological polar surface area (TPSA) is 33.3 Å². The molecule has 4 heteroatoms. The number of para-hydroxylation sites is 1. The summed E-state index contributed by atoms with van der Waals surface area (Å²) in [6.45, 7) is 8.72. The Hall–Kier alpha value is -1.13. The Morgan fingerprint density at radius 1 is 1.15 bits per heavy atom. The third kappa shape index (κ3) is 5.47. The molecule has 0 saturated heterocycles. The second-order valence-corrected chi connectivity index (χ2v) is 5.00. The molecule has 0 amide bonds. The molecule has 0 aliphatic carbocycles. The van der Waals surface area contributed by atoms with E-state index in [4.69, 9.17) is 17.0 Å². The number of aryl methyl sites for hydroxylation is 2. The van der Waals surface area contributed by atoms with Gasteiger partial charge in [0.2, 0.25) is 0 Å². The highest BCUT2D eigenvalue weighted by atomic mass is 32.1. The summed E-state index contributed by atoms with van der Waals surface area (Å²) in [6.07, 6.45) is 2.97. The summed E-state index contributed by atoms with van der Waals surface area (Å²) in [7, 11) is 0. The van der Waals surface area contributed by atoms with E-state index >= 15 is 0 Å². The van der Waals surface area contributed by atoms with E-state index in [1.807, 2.05) is 6.92 Å². The number of anilines is 1. The highest BCUT2D eigenvalue weighted by molar-refractivity contribution is 7.80. The Labute approximate surface area is 128 Å². The molecule has 0 atom stereocenters. The Kier molecular flexibility index (Phi) is 8.23. The summed E-state index contributed by atoms with van der Waals surface area (Å²) < 4.78 is 5.30. The van der Waals surface area contributed by atoms with E-state index in [-0.39, 0.29) is 0 Å². The van der Waals surface area contributed by atoms with Crippen LogP contribution in [0.4, 0.5) is 5.69 Å². The first-order chi connectivity index (χ1) is 9.72. The first kappa shape index (κ1) is 16.9. The number of rotatable bonds is 8. The molecule has 0 saturated carbocycles. The van der Waals surface area contributed by atoms with Crippen molar-refractivity contribution in [3.05, 3.63) is 29.3 Å². The van der Waals surface area contributed by atoms with E-state index in [0.717, 1.165) is 39.0 Å². The maximum absolute atomic E-state index is 5.37. The zero-order valence-electron chi connectivity index (χ0n) is 12.8. The second kappa shape index (κ2) is 9.72. The molecule has 0 spiro atoms. The van der Waals surface area contributed by atoms with E-state index in [1.54, 1.807) is 0 Å². The molecule has 1 aromatic carbocycles. The Balaban J connectivity index is 2.52. The molecule has 112 valence electrons. The maximum Gasteiger partial charge on any atom is 0.170 e. The van der Waals surface area contributed by atoms with Crippen molar-refractivity contribution in [3.63, 3.8) is 0 Å². The molecule has 0 unspecified atom stereocenters. The van der Waals surface area contributed by atoms with Crippen molar-refractivity contribution >= 4 is 23.0 Å². The number of hydrogen-bond acceptors (Lipinski definition) is 2. The number of hydrogen-bond donors (Lipinski definition) is 2. The highest BCUT2D eigenvalue weighted by Crippen LogP contribution is 2.22. The van der Waals surface area contributed by atoms with Crippen LogP contribution in [0.1, 0.15) is 38.3 Å². The molecule has 2 N–H and O–H groups in total. The van der Waals surface area contributed by atoms with Crippen molar-refractivity contribution in [2.75, 3.05) is 25.1 Å². The van der Waals surface area contributed by atoms with Crippen LogP contribution >= 0.6 is 12.2 Å². The van der Waals surface area contributed by atoms with E-state index in [1.165, 1.54) is 16.8 Å². The molecule has 1 aromatic rings. The minimum absolute atomic E-state index is 0.692.